The van der Waals surface area contributed by atoms with Crippen LogP contribution in [0.2, 0.25) is 0 Å². The Morgan fingerprint density at radius 3 is 2.86 bits per heavy atom. The van der Waals surface area contributed by atoms with Gasteiger partial charge in [0.15, 0.2) is 0 Å². The van der Waals surface area contributed by atoms with E-state index >= 15 is 0 Å². The fourth-order valence-corrected chi connectivity index (χ4v) is 4.66. The number of nitrogens with one attached hydrogen (secondary N) is 2. The number of rotatable bonds is 7. The summed E-state index contributed by atoms with van der Waals surface area (Å²) < 4.78 is 19.7. The number of nitrogens with zero attached hydrogens (tertiary/aromatic N) is 3. The summed E-state index contributed by atoms with van der Waals surface area (Å²) in [5, 5.41) is 11.5. The lowest BCUT2D eigenvalue weighted by molar-refractivity contribution is 0.0900. The van der Waals surface area contributed by atoms with Gasteiger partial charge in [-0.2, -0.15) is 5.10 Å². The summed E-state index contributed by atoms with van der Waals surface area (Å²) in [6, 6.07) is 16.1. The molecule has 2 aromatic carbocycles. The average Bonchev–Trinajstić information content (AvgIpc) is 3.29. The summed E-state index contributed by atoms with van der Waals surface area (Å²) in [5.74, 6) is 0.246. The van der Waals surface area contributed by atoms with Crippen LogP contribution in [0.4, 0.5) is 4.39 Å². The normalized spacial score (nSPS) is 16.4. The lowest BCUT2D eigenvalue weighted by Gasteiger charge is -2.33. The highest BCUT2D eigenvalue weighted by Gasteiger charge is 2.23. The summed E-state index contributed by atoms with van der Waals surface area (Å²) in [5.41, 5.74) is 3.67. The molecule has 186 valence electrons. The van der Waals surface area contributed by atoms with Gasteiger partial charge in [0.05, 0.1) is 11.6 Å². The average molecular weight is 488 g/mol. The molecule has 2 aromatic heterocycles. The molecule has 0 saturated carbocycles. The first-order valence-corrected chi connectivity index (χ1v) is 12.3. The number of piperidine rings is 1. The molecule has 0 radical (unpaired) electrons. The molecule has 0 unspecified atom stereocenters. The van der Waals surface area contributed by atoms with Crippen LogP contribution in [0.3, 0.4) is 0 Å². The number of likely N-dealkylation sites (tertiary alicyclic amines) is 1. The summed E-state index contributed by atoms with van der Waals surface area (Å²) in [6.07, 6.45) is 3.63. The van der Waals surface area contributed by atoms with Crippen LogP contribution in [0.15, 0.2) is 60.8 Å². The SMILES string of the molecule is CC(C)Oc1ccc(-c2n[nH]c3ccc(C(=O)N[C@@H]4CCCN(Cc5ccccc5F)C4)cc23)cn1. The molecule has 0 bridgehead atoms. The number of carbonyl (C=O) groups excluding carboxylic acids is 1. The van der Waals surface area contributed by atoms with Crippen molar-refractivity contribution in [2.75, 3.05) is 13.1 Å². The number of carbonyl (C=O) groups is 1. The monoisotopic (exact) mass is 487 g/mol. The highest BCUT2D eigenvalue weighted by molar-refractivity contribution is 6.01. The molecular formula is C28H30FN5O2. The zero-order valence-electron chi connectivity index (χ0n) is 20.5. The number of hydrogen-bond donors (Lipinski definition) is 2. The van der Waals surface area contributed by atoms with E-state index in [0.717, 1.165) is 41.5 Å². The number of ether oxygens (including phenoxy) is 1. The minimum atomic E-state index is -0.190. The van der Waals surface area contributed by atoms with Gasteiger partial charge in [-0.25, -0.2) is 9.37 Å². The van der Waals surface area contributed by atoms with Gasteiger partial charge in [-0.3, -0.25) is 14.8 Å². The van der Waals surface area contributed by atoms with Crippen LogP contribution >= 0.6 is 0 Å². The number of hydrogen-bond acceptors (Lipinski definition) is 5. The van der Waals surface area contributed by atoms with Crippen molar-refractivity contribution in [2.45, 2.75) is 45.4 Å². The largest absolute Gasteiger partial charge is 0.475 e. The minimum Gasteiger partial charge on any atom is -0.475 e. The van der Waals surface area contributed by atoms with Gasteiger partial charge in [-0.15, -0.1) is 0 Å². The van der Waals surface area contributed by atoms with Gasteiger partial charge in [-0.05, 0) is 63.6 Å². The molecule has 0 aliphatic carbocycles. The van der Waals surface area contributed by atoms with E-state index in [1.54, 1.807) is 18.3 Å². The number of benzene rings is 2. The molecule has 1 amide bonds. The number of halogens is 1. The van der Waals surface area contributed by atoms with Crippen LogP contribution in [0.5, 0.6) is 5.88 Å². The molecule has 3 heterocycles. The first-order chi connectivity index (χ1) is 17.5. The zero-order chi connectivity index (χ0) is 25.1. The van der Waals surface area contributed by atoms with E-state index in [-0.39, 0.29) is 23.9 Å². The molecule has 1 aliphatic heterocycles. The van der Waals surface area contributed by atoms with Crippen LogP contribution in [-0.2, 0) is 6.54 Å². The van der Waals surface area contributed by atoms with Gasteiger partial charge in [0, 0.05) is 53.5 Å². The van der Waals surface area contributed by atoms with Crippen molar-refractivity contribution in [1.29, 1.82) is 0 Å². The molecule has 5 rings (SSSR count). The number of aromatic amines is 1. The van der Waals surface area contributed by atoms with E-state index < -0.39 is 0 Å². The van der Waals surface area contributed by atoms with E-state index in [1.165, 1.54) is 6.07 Å². The van der Waals surface area contributed by atoms with Crippen LogP contribution < -0.4 is 10.1 Å². The van der Waals surface area contributed by atoms with E-state index in [4.69, 9.17) is 4.74 Å². The molecule has 8 heteroatoms. The third-order valence-electron chi connectivity index (χ3n) is 6.38. The zero-order valence-corrected chi connectivity index (χ0v) is 20.5. The summed E-state index contributed by atoms with van der Waals surface area (Å²) in [6.45, 7) is 6.03. The van der Waals surface area contributed by atoms with Crippen molar-refractivity contribution in [3.63, 3.8) is 0 Å². The summed E-state index contributed by atoms with van der Waals surface area (Å²) in [4.78, 5) is 19.7. The predicted molar refractivity (Wildman–Crippen MR) is 137 cm³/mol. The van der Waals surface area contributed by atoms with E-state index in [0.29, 0.717) is 30.1 Å². The number of H-pyrrole nitrogens is 1. The van der Waals surface area contributed by atoms with Crippen LogP contribution in [0.25, 0.3) is 22.2 Å². The predicted octanol–water partition coefficient (Wildman–Crippen LogP) is 4.95. The minimum absolute atomic E-state index is 0.00948. The summed E-state index contributed by atoms with van der Waals surface area (Å²) >= 11 is 0. The van der Waals surface area contributed by atoms with E-state index in [9.17, 15) is 9.18 Å². The molecule has 1 aliphatic rings. The number of amides is 1. The maximum absolute atomic E-state index is 14.1. The molecular weight excluding hydrogens is 457 g/mol. The highest BCUT2D eigenvalue weighted by Crippen LogP contribution is 2.28. The first kappa shape index (κ1) is 23.9. The second kappa shape index (κ2) is 10.5. The molecule has 0 spiro atoms. The Bertz CT molecular complexity index is 1350. The Morgan fingerprint density at radius 2 is 2.08 bits per heavy atom. The second-order valence-corrected chi connectivity index (χ2v) is 9.52. The van der Waals surface area contributed by atoms with Crippen LogP contribution in [-0.4, -0.2) is 51.2 Å². The van der Waals surface area contributed by atoms with Gasteiger partial charge < -0.3 is 10.1 Å². The summed E-state index contributed by atoms with van der Waals surface area (Å²) in [7, 11) is 0. The molecule has 36 heavy (non-hydrogen) atoms. The maximum Gasteiger partial charge on any atom is 0.251 e. The third-order valence-corrected chi connectivity index (χ3v) is 6.38. The number of fused-ring (bicyclic) bond motifs is 1. The fraction of sp³-hybridized carbons (Fsp3) is 0.321. The van der Waals surface area contributed by atoms with Gasteiger partial charge in [0.2, 0.25) is 5.88 Å². The lowest BCUT2D eigenvalue weighted by atomic mass is 10.0. The standard InChI is InChI=1S/C28H30FN5O2/c1-18(2)36-26-12-10-20(15-30-26)27-23-14-19(9-11-25(23)32-33-27)28(35)31-22-7-5-13-34(17-22)16-21-6-3-4-8-24(21)29/h3-4,6,8-12,14-15,18,22H,5,7,13,16-17H2,1-2H3,(H,31,35)(H,32,33)/t22-/m1/s1. The molecule has 1 fully saturated rings. The van der Waals surface area contributed by atoms with Gasteiger partial charge in [-0.1, -0.05) is 18.2 Å². The molecule has 7 nitrogen and oxygen atoms in total. The fourth-order valence-electron chi connectivity index (χ4n) is 4.66. The number of aromatic nitrogens is 3. The van der Waals surface area contributed by atoms with E-state index in [1.807, 2.05) is 50.2 Å². The lowest BCUT2D eigenvalue weighted by Crippen LogP contribution is -2.47. The van der Waals surface area contributed by atoms with E-state index in [2.05, 4.69) is 25.4 Å². The Kier molecular flexibility index (Phi) is 6.95. The van der Waals surface area contributed by atoms with Crippen molar-refractivity contribution in [3.8, 4) is 17.1 Å². The van der Waals surface area contributed by atoms with Crippen molar-refractivity contribution in [1.82, 2.24) is 25.4 Å². The van der Waals surface area contributed by atoms with Crippen molar-refractivity contribution < 1.29 is 13.9 Å². The maximum atomic E-state index is 14.1. The Balaban J connectivity index is 1.28. The molecule has 1 saturated heterocycles. The first-order valence-electron chi connectivity index (χ1n) is 12.3. The highest BCUT2D eigenvalue weighted by atomic mass is 19.1. The Hall–Kier alpha value is -3.78. The van der Waals surface area contributed by atoms with Crippen LogP contribution in [0, 0.1) is 5.82 Å². The molecule has 1 atom stereocenters. The Labute approximate surface area is 209 Å². The number of pyridine rings is 1. The third kappa shape index (κ3) is 5.39. The quantitative estimate of drug-likeness (QED) is 0.386. The Morgan fingerprint density at radius 1 is 1.22 bits per heavy atom. The topological polar surface area (TPSA) is 83.1 Å². The van der Waals surface area contributed by atoms with Crippen molar-refractivity contribution >= 4 is 16.8 Å². The smallest absolute Gasteiger partial charge is 0.251 e. The van der Waals surface area contributed by atoms with Gasteiger partial charge in [0.25, 0.3) is 5.91 Å². The molecule has 2 N–H and O–H groups in total. The van der Waals surface area contributed by atoms with Crippen molar-refractivity contribution in [2.24, 2.45) is 0 Å². The van der Waals surface area contributed by atoms with Crippen molar-refractivity contribution in [3.05, 3.63) is 77.7 Å². The second-order valence-electron chi connectivity index (χ2n) is 9.52. The van der Waals surface area contributed by atoms with Gasteiger partial charge in [0.1, 0.15) is 11.5 Å². The van der Waals surface area contributed by atoms with Gasteiger partial charge >= 0.3 is 0 Å². The van der Waals surface area contributed by atoms with Crippen LogP contribution in [0.1, 0.15) is 42.6 Å². The molecule has 4 aromatic rings.